The number of furan rings is 1. The molecule has 1 rings (SSSR count). The topological polar surface area (TPSA) is 36.6 Å². The molecular formula is C8H12ClNO2. The fraction of sp³-hybridized carbons (Fsp3) is 0.500. The van der Waals surface area contributed by atoms with Gasteiger partial charge in [-0.05, 0) is 30.8 Å². The molecule has 68 valence electrons. The minimum Gasteiger partial charge on any atom is -0.448 e. The van der Waals surface area contributed by atoms with Crippen LogP contribution in [0.2, 0.25) is 5.22 Å². The minimum absolute atomic E-state index is 0.158. The van der Waals surface area contributed by atoms with Gasteiger partial charge in [0.1, 0.15) is 5.76 Å². The van der Waals surface area contributed by atoms with Crippen LogP contribution >= 0.6 is 11.6 Å². The third-order valence-corrected chi connectivity index (χ3v) is 1.74. The van der Waals surface area contributed by atoms with E-state index < -0.39 is 0 Å². The first kappa shape index (κ1) is 9.58. The molecule has 0 aliphatic carbocycles. The van der Waals surface area contributed by atoms with Gasteiger partial charge >= 0.3 is 0 Å². The first-order valence-corrected chi connectivity index (χ1v) is 4.14. The Hall–Kier alpha value is -0.510. The van der Waals surface area contributed by atoms with Gasteiger partial charge in [0.2, 0.25) is 0 Å². The number of nitrogens with zero attached hydrogens (tertiary/aromatic N) is 1. The number of likely N-dealkylation sites (N-methyl/N-ethyl adjacent to an activating group) is 1. The van der Waals surface area contributed by atoms with E-state index >= 15 is 0 Å². The molecule has 3 nitrogen and oxygen atoms in total. The zero-order valence-electron chi connectivity index (χ0n) is 6.96. The van der Waals surface area contributed by atoms with Gasteiger partial charge < -0.3 is 9.52 Å². The standard InChI is InChI=1S/C8H12ClNO2/c1-10(4-5-11)6-7-2-3-8(9)12-7/h2-3,11H,4-6H2,1H3. The van der Waals surface area contributed by atoms with E-state index in [9.17, 15) is 0 Å². The Bertz CT molecular complexity index is 237. The monoisotopic (exact) mass is 189 g/mol. The van der Waals surface area contributed by atoms with Gasteiger partial charge in [0, 0.05) is 6.54 Å². The Labute approximate surface area is 76.5 Å². The molecule has 0 fully saturated rings. The fourth-order valence-corrected chi connectivity index (χ4v) is 1.11. The van der Waals surface area contributed by atoms with Crippen LogP contribution in [0.25, 0.3) is 0 Å². The second-order valence-corrected chi connectivity index (χ2v) is 3.04. The zero-order chi connectivity index (χ0) is 8.97. The highest BCUT2D eigenvalue weighted by molar-refractivity contribution is 6.28. The molecule has 0 radical (unpaired) electrons. The van der Waals surface area contributed by atoms with Crippen LogP contribution < -0.4 is 0 Å². The smallest absolute Gasteiger partial charge is 0.193 e. The van der Waals surface area contributed by atoms with Crippen molar-refractivity contribution in [2.75, 3.05) is 20.2 Å². The molecule has 4 heteroatoms. The average Bonchev–Trinajstić information content (AvgIpc) is 2.36. The third kappa shape index (κ3) is 2.85. The minimum atomic E-state index is 0.158. The Kier molecular flexibility index (Phi) is 3.59. The van der Waals surface area contributed by atoms with E-state index in [1.165, 1.54) is 0 Å². The first-order valence-electron chi connectivity index (χ1n) is 3.76. The SMILES string of the molecule is CN(CCO)Cc1ccc(Cl)o1. The van der Waals surface area contributed by atoms with E-state index in [0.29, 0.717) is 18.3 Å². The van der Waals surface area contributed by atoms with Crippen molar-refractivity contribution in [3.63, 3.8) is 0 Å². The molecule has 0 aromatic carbocycles. The molecule has 1 aromatic heterocycles. The molecule has 0 atom stereocenters. The average molecular weight is 190 g/mol. The number of rotatable bonds is 4. The van der Waals surface area contributed by atoms with Crippen LogP contribution in [0.15, 0.2) is 16.5 Å². The van der Waals surface area contributed by atoms with Crippen LogP contribution in [-0.2, 0) is 6.54 Å². The Balaban J connectivity index is 2.41. The molecule has 12 heavy (non-hydrogen) atoms. The van der Waals surface area contributed by atoms with Crippen molar-refractivity contribution >= 4 is 11.6 Å². The van der Waals surface area contributed by atoms with Gasteiger partial charge in [-0.2, -0.15) is 0 Å². The second-order valence-electron chi connectivity index (χ2n) is 2.67. The van der Waals surface area contributed by atoms with E-state index in [-0.39, 0.29) is 6.61 Å². The van der Waals surface area contributed by atoms with Crippen LogP contribution in [-0.4, -0.2) is 30.2 Å². The van der Waals surface area contributed by atoms with Gasteiger partial charge in [0.05, 0.1) is 13.2 Å². The molecule has 1 aromatic rings. The molecule has 1 heterocycles. The molecule has 0 spiro atoms. The quantitative estimate of drug-likeness (QED) is 0.777. The maximum Gasteiger partial charge on any atom is 0.193 e. The predicted molar refractivity (Wildman–Crippen MR) is 47.1 cm³/mol. The zero-order valence-corrected chi connectivity index (χ0v) is 7.71. The first-order chi connectivity index (χ1) is 5.72. The van der Waals surface area contributed by atoms with Gasteiger partial charge in [-0.15, -0.1) is 0 Å². The van der Waals surface area contributed by atoms with Crippen LogP contribution in [0, 0.1) is 0 Å². The predicted octanol–water partition coefficient (Wildman–Crippen LogP) is 1.36. The molecule has 1 N–H and O–H groups in total. The highest BCUT2D eigenvalue weighted by Gasteiger charge is 2.02. The second kappa shape index (κ2) is 4.50. The van der Waals surface area contributed by atoms with Crippen LogP contribution in [0.5, 0.6) is 0 Å². The lowest BCUT2D eigenvalue weighted by Gasteiger charge is -2.12. The summed E-state index contributed by atoms with van der Waals surface area (Å²) in [6.45, 7) is 1.47. The van der Waals surface area contributed by atoms with E-state index in [2.05, 4.69) is 0 Å². The van der Waals surface area contributed by atoms with E-state index in [0.717, 1.165) is 5.76 Å². The summed E-state index contributed by atoms with van der Waals surface area (Å²) in [6.07, 6.45) is 0. The molecule has 0 saturated heterocycles. The third-order valence-electron chi connectivity index (χ3n) is 1.54. The summed E-state index contributed by atoms with van der Waals surface area (Å²) in [7, 11) is 1.91. The highest BCUT2D eigenvalue weighted by Crippen LogP contribution is 2.13. The van der Waals surface area contributed by atoms with Crippen LogP contribution in [0.1, 0.15) is 5.76 Å². The summed E-state index contributed by atoms with van der Waals surface area (Å²) in [6, 6.07) is 3.54. The molecule has 0 saturated carbocycles. The van der Waals surface area contributed by atoms with Crippen molar-refractivity contribution in [2.24, 2.45) is 0 Å². The lowest BCUT2D eigenvalue weighted by molar-refractivity contribution is 0.208. The largest absolute Gasteiger partial charge is 0.448 e. The maximum atomic E-state index is 8.62. The summed E-state index contributed by atoms with van der Waals surface area (Å²) in [5.74, 6) is 0.816. The summed E-state index contributed by atoms with van der Waals surface area (Å²) in [4.78, 5) is 1.95. The van der Waals surface area contributed by atoms with Gasteiger partial charge in [-0.25, -0.2) is 0 Å². The number of halogens is 1. The summed E-state index contributed by atoms with van der Waals surface area (Å²) >= 11 is 5.59. The number of hydrogen-bond acceptors (Lipinski definition) is 3. The lowest BCUT2D eigenvalue weighted by Crippen LogP contribution is -2.21. The number of hydrogen-bond donors (Lipinski definition) is 1. The summed E-state index contributed by atoms with van der Waals surface area (Å²) < 4.78 is 5.14. The molecule has 0 aliphatic heterocycles. The van der Waals surface area contributed by atoms with Crippen molar-refractivity contribution in [1.29, 1.82) is 0 Å². The molecule has 0 amide bonds. The normalized spacial score (nSPS) is 11.0. The van der Waals surface area contributed by atoms with Gasteiger partial charge in [-0.3, -0.25) is 4.90 Å². The Morgan fingerprint density at radius 2 is 2.33 bits per heavy atom. The van der Waals surface area contributed by atoms with Crippen molar-refractivity contribution in [1.82, 2.24) is 4.90 Å². The number of aliphatic hydroxyl groups excluding tert-OH is 1. The van der Waals surface area contributed by atoms with E-state index in [1.807, 2.05) is 18.0 Å². The maximum absolute atomic E-state index is 8.62. The Morgan fingerprint density at radius 1 is 1.58 bits per heavy atom. The van der Waals surface area contributed by atoms with Gasteiger partial charge in [0.15, 0.2) is 5.22 Å². The molecule has 0 aliphatic rings. The Morgan fingerprint density at radius 3 is 2.83 bits per heavy atom. The van der Waals surface area contributed by atoms with E-state index in [1.54, 1.807) is 6.07 Å². The van der Waals surface area contributed by atoms with Crippen molar-refractivity contribution in [2.45, 2.75) is 6.54 Å². The van der Waals surface area contributed by atoms with E-state index in [4.69, 9.17) is 21.1 Å². The van der Waals surface area contributed by atoms with Gasteiger partial charge in [0.25, 0.3) is 0 Å². The molecule has 0 unspecified atom stereocenters. The molecular weight excluding hydrogens is 178 g/mol. The van der Waals surface area contributed by atoms with Crippen LogP contribution in [0.3, 0.4) is 0 Å². The number of aliphatic hydroxyl groups is 1. The fourth-order valence-electron chi connectivity index (χ4n) is 0.953. The van der Waals surface area contributed by atoms with Crippen LogP contribution in [0.4, 0.5) is 0 Å². The summed E-state index contributed by atoms with van der Waals surface area (Å²) in [5, 5.41) is 9.03. The van der Waals surface area contributed by atoms with Gasteiger partial charge in [-0.1, -0.05) is 0 Å². The highest BCUT2D eigenvalue weighted by atomic mass is 35.5. The summed E-state index contributed by atoms with van der Waals surface area (Å²) in [5.41, 5.74) is 0. The van der Waals surface area contributed by atoms with Crippen molar-refractivity contribution in [3.05, 3.63) is 23.1 Å². The van der Waals surface area contributed by atoms with Crippen molar-refractivity contribution < 1.29 is 9.52 Å². The van der Waals surface area contributed by atoms with Crippen molar-refractivity contribution in [3.8, 4) is 0 Å². The molecule has 0 bridgehead atoms. The lowest BCUT2D eigenvalue weighted by atomic mass is 10.4.